The van der Waals surface area contributed by atoms with Crippen LogP contribution in [0.25, 0.3) is 0 Å². The summed E-state index contributed by atoms with van der Waals surface area (Å²) in [7, 11) is 1.99. The van der Waals surface area contributed by atoms with Gasteiger partial charge < -0.3 is 5.32 Å². The van der Waals surface area contributed by atoms with Crippen LogP contribution in [0.4, 0.5) is 0 Å². The number of hydrogen-bond acceptors (Lipinski definition) is 1. The molecule has 1 radical (unpaired) electrons. The lowest BCUT2D eigenvalue weighted by molar-refractivity contribution is 0.584. The van der Waals surface area contributed by atoms with Crippen molar-refractivity contribution in [2.45, 2.75) is 33.2 Å². The molecule has 0 saturated heterocycles. The van der Waals surface area contributed by atoms with Crippen LogP contribution in [0.3, 0.4) is 0 Å². The lowest BCUT2D eigenvalue weighted by Crippen LogP contribution is -2.08. The van der Waals surface area contributed by atoms with Crippen molar-refractivity contribution in [2.75, 3.05) is 7.05 Å². The first kappa shape index (κ1) is 11.3. The Bertz CT molecular complexity index is 266. The zero-order valence-electron chi connectivity index (χ0n) is 9.43. The Labute approximate surface area is 87.5 Å². The van der Waals surface area contributed by atoms with Gasteiger partial charge in [0.1, 0.15) is 0 Å². The summed E-state index contributed by atoms with van der Waals surface area (Å²) in [6.07, 6.45) is 2.45. The maximum atomic E-state index is 3.19. The summed E-state index contributed by atoms with van der Waals surface area (Å²) < 4.78 is 0. The van der Waals surface area contributed by atoms with Crippen LogP contribution in [0.2, 0.25) is 0 Å². The second-order valence-corrected chi connectivity index (χ2v) is 4.16. The third-order valence-corrected chi connectivity index (χ3v) is 2.41. The highest BCUT2D eigenvalue weighted by Crippen LogP contribution is 2.13. The Morgan fingerprint density at radius 2 is 2.14 bits per heavy atom. The third-order valence-electron chi connectivity index (χ3n) is 2.41. The van der Waals surface area contributed by atoms with Gasteiger partial charge in [-0.3, -0.25) is 0 Å². The van der Waals surface area contributed by atoms with Gasteiger partial charge in [-0.1, -0.05) is 26.0 Å². The number of aryl methyl sites for hydroxylation is 1. The standard InChI is InChI=1S/C13H20N/c1-11(2)8-9-12-6-4-5-7-13(12)10-14-3/h4,6-7,11,14H,8-10H2,1-3H3. The van der Waals surface area contributed by atoms with E-state index in [1.54, 1.807) is 0 Å². The molecule has 1 aromatic rings. The molecule has 1 N–H and O–H groups in total. The lowest BCUT2D eigenvalue weighted by atomic mass is 9.98. The predicted molar refractivity (Wildman–Crippen MR) is 61.2 cm³/mol. The smallest absolute Gasteiger partial charge is 0.0205 e. The summed E-state index contributed by atoms with van der Waals surface area (Å²) in [4.78, 5) is 0. The van der Waals surface area contributed by atoms with Gasteiger partial charge in [0.25, 0.3) is 0 Å². The molecule has 1 nitrogen and oxygen atoms in total. The molecule has 14 heavy (non-hydrogen) atoms. The first-order chi connectivity index (χ1) is 6.74. The van der Waals surface area contributed by atoms with Gasteiger partial charge >= 0.3 is 0 Å². The second-order valence-electron chi connectivity index (χ2n) is 4.16. The van der Waals surface area contributed by atoms with Gasteiger partial charge in [-0.05, 0) is 49.1 Å². The monoisotopic (exact) mass is 190 g/mol. The Morgan fingerprint density at radius 1 is 1.36 bits per heavy atom. The van der Waals surface area contributed by atoms with Crippen LogP contribution in [-0.4, -0.2) is 7.05 Å². The summed E-state index contributed by atoms with van der Waals surface area (Å²) in [6, 6.07) is 9.42. The van der Waals surface area contributed by atoms with Gasteiger partial charge in [0.2, 0.25) is 0 Å². The van der Waals surface area contributed by atoms with Gasteiger partial charge in [0.05, 0.1) is 0 Å². The summed E-state index contributed by atoms with van der Waals surface area (Å²) in [5, 5.41) is 3.19. The quantitative estimate of drug-likeness (QED) is 0.753. The van der Waals surface area contributed by atoms with Crippen molar-refractivity contribution >= 4 is 0 Å². The fraction of sp³-hybridized carbons (Fsp3) is 0.538. The van der Waals surface area contributed by atoms with E-state index in [0.717, 1.165) is 12.5 Å². The molecule has 1 aromatic carbocycles. The summed E-state index contributed by atoms with van der Waals surface area (Å²) in [5.41, 5.74) is 2.85. The molecule has 0 amide bonds. The molecule has 0 bridgehead atoms. The molecule has 0 spiro atoms. The van der Waals surface area contributed by atoms with E-state index in [0.29, 0.717) is 0 Å². The van der Waals surface area contributed by atoms with Crippen LogP contribution in [0.15, 0.2) is 18.2 Å². The van der Waals surface area contributed by atoms with Crippen LogP contribution in [-0.2, 0) is 13.0 Å². The van der Waals surface area contributed by atoms with Gasteiger partial charge in [-0.15, -0.1) is 0 Å². The molecular weight excluding hydrogens is 170 g/mol. The van der Waals surface area contributed by atoms with Crippen molar-refractivity contribution < 1.29 is 0 Å². The van der Waals surface area contributed by atoms with Crippen LogP contribution in [0.1, 0.15) is 31.4 Å². The summed E-state index contributed by atoms with van der Waals surface area (Å²) in [6.45, 7) is 5.49. The van der Waals surface area contributed by atoms with E-state index in [-0.39, 0.29) is 0 Å². The van der Waals surface area contributed by atoms with Crippen molar-refractivity contribution in [3.05, 3.63) is 35.4 Å². The van der Waals surface area contributed by atoms with E-state index in [9.17, 15) is 0 Å². The van der Waals surface area contributed by atoms with E-state index in [2.05, 4.69) is 37.4 Å². The van der Waals surface area contributed by atoms with Gasteiger partial charge in [-0.2, -0.15) is 0 Å². The highest BCUT2D eigenvalue weighted by Gasteiger charge is 2.01. The highest BCUT2D eigenvalue weighted by atomic mass is 14.8. The minimum atomic E-state index is 0.779. The number of nitrogens with one attached hydrogen (secondary N) is 1. The first-order valence-electron chi connectivity index (χ1n) is 5.36. The largest absolute Gasteiger partial charge is 0.316 e. The Hall–Kier alpha value is -0.820. The van der Waals surface area contributed by atoms with Crippen molar-refractivity contribution in [1.29, 1.82) is 0 Å². The zero-order chi connectivity index (χ0) is 10.4. The third kappa shape index (κ3) is 3.51. The summed E-state index contributed by atoms with van der Waals surface area (Å²) >= 11 is 0. The Morgan fingerprint density at radius 3 is 2.79 bits per heavy atom. The molecule has 0 unspecified atom stereocenters. The van der Waals surface area contributed by atoms with Crippen LogP contribution >= 0.6 is 0 Å². The van der Waals surface area contributed by atoms with Crippen molar-refractivity contribution in [3.8, 4) is 0 Å². The summed E-state index contributed by atoms with van der Waals surface area (Å²) in [5.74, 6) is 0.779. The topological polar surface area (TPSA) is 12.0 Å². The molecule has 0 aliphatic heterocycles. The van der Waals surface area contributed by atoms with Crippen molar-refractivity contribution in [3.63, 3.8) is 0 Å². The van der Waals surface area contributed by atoms with Gasteiger partial charge in [0.15, 0.2) is 0 Å². The number of rotatable bonds is 5. The second kappa shape index (κ2) is 5.82. The molecule has 0 aliphatic rings. The van der Waals surface area contributed by atoms with E-state index in [1.807, 2.05) is 13.1 Å². The molecule has 0 atom stereocenters. The van der Waals surface area contributed by atoms with Gasteiger partial charge in [-0.25, -0.2) is 0 Å². The molecule has 1 heteroatoms. The first-order valence-corrected chi connectivity index (χ1v) is 5.36. The lowest BCUT2D eigenvalue weighted by Gasteiger charge is -2.10. The predicted octanol–water partition coefficient (Wildman–Crippen LogP) is 2.79. The fourth-order valence-corrected chi connectivity index (χ4v) is 1.54. The van der Waals surface area contributed by atoms with Crippen LogP contribution < -0.4 is 5.32 Å². The van der Waals surface area contributed by atoms with E-state index < -0.39 is 0 Å². The maximum absolute atomic E-state index is 3.19. The van der Waals surface area contributed by atoms with E-state index >= 15 is 0 Å². The minimum absolute atomic E-state index is 0.779. The van der Waals surface area contributed by atoms with E-state index in [4.69, 9.17) is 0 Å². The SMILES string of the molecule is CNCc1c[c]ccc1CCC(C)C. The Kier molecular flexibility index (Phi) is 4.68. The van der Waals surface area contributed by atoms with Gasteiger partial charge in [0, 0.05) is 6.54 Å². The Balaban J connectivity index is 2.64. The minimum Gasteiger partial charge on any atom is -0.316 e. The van der Waals surface area contributed by atoms with E-state index in [1.165, 1.54) is 24.0 Å². The average molecular weight is 190 g/mol. The molecule has 0 aliphatic carbocycles. The maximum Gasteiger partial charge on any atom is 0.0205 e. The van der Waals surface area contributed by atoms with Crippen molar-refractivity contribution in [1.82, 2.24) is 5.32 Å². The molecule has 0 heterocycles. The molecule has 0 aromatic heterocycles. The highest BCUT2D eigenvalue weighted by molar-refractivity contribution is 5.26. The molecule has 77 valence electrons. The van der Waals surface area contributed by atoms with Crippen molar-refractivity contribution in [2.24, 2.45) is 5.92 Å². The number of benzene rings is 1. The molecular formula is C13H20N. The number of hydrogen-bond donors (Lipinski definition) is 1. The fourth-order valence-electron chi connectivity index (χ4n) is 1.54. The molecule has 0 saturated carbocycles. The normalized spacial score (nSPS) is 10.9. The molecule has 0 fully saturated rings. The average Bonchev–Trinajstić information content (AvgIpc) is 2.17. The van der Waals surface area contributed by atoms with Crippen LogP contribution in [0.5, 0.6) is 0 Å². The molecule has 1 rings (SSSR count). The zero-order valence-corrected chi connectivity index (χ0v) is 9.43. The van der Waals surface area contributed by atoms with Crippen LogP contribution in [0, 0.1) is 12.0 Å².